The van der Waals surface area contributed by atoms with Gasteiger partial charge in [0.2, 0.25) is 0 Å². The molecule has 0 radical (unpaired) electrons. The van der Waals surface area contributed by atoms with E-state index in [0.29, 0.717) is 0 Å². The summed E-state index contributed by atoms with van der Waals surface area (Å²) in [5, 5.41) is 7.31. The standard InChI is InChI=1S/C19H24N2S/c1-3-4-14-20-19(22)21-15(2)16-10-12-18(13-11-16)17-8-6-5-7-9-17/h5-13,15H,3-4,14H2,1-2H3,(H2,20,21,22)/t15-/m0/s1. The van der Waals surface area contributed by atoms with Gasteiger partial charge in [0.25, 0.3) is 0 Å². The Balaban J connectivity index is 1.94. The van der Waals surface area contributed by atoms with Crippen LogP contribution in [-0.2, 0) is 0 Å². The normalized spacial score (nSPS) is 11.7. The zero-order chi connectivity index (χ0) is 15.8. The molecule has 0 heterocycles. The molecule has 0 unspecified atom stereocenters. The Morgan fingerprint density at radius 3 is 2.27 bits per heavy atom. The first kappa shape index (κ1) is 16.5. The zero-order valence-electron chi connectivity index (χ0n) is 13.3. The summed E-state index contributed by atoms with van der Waals surface area (Å²) < 4.78 is 0. The van der Waals surface area contributed by atoms with Crippen LogP contribution in [0.3, 0.4) is 0 Å². The maximum absolute atomic E-state index is 5.32. The van der Waals surface area contributed by atoms with E-state index in [0.717, 1.165) is 18.1 Å². The van der Waals surface area contributed by atoms with E-state index in [1.165, 1.54) is 23.1 Å². The molecule has 0 aliphatic carbocycles. The quantitative estimate of drug-likeness (QED) is 0.598. The van der Waals surface area contributed by atoms with Crippen molar-refractivity contribution in [3.05, 3.63) is 60.2 Å². The molecule has 0 aliphatic rings. The van der Waals surface area contributed by atoms with Gasteiger partial charge in [-0.05, 0) is 42.3 Å². The first-order chi connectivity index (χ1) is 10.7. The third-order valence-electron chi connectivity index (χ3n) is 3.68. The molecular weight excluding hydrogens is 288 g/mol. The largest absolute Gasteiger partial charge is 0.363 e. The third kappa shape index (κ3) is 4.85. The lowest BCUT2D eigenvalue weighted by Crippen LogP contribution is -2.37. The van der Waals surface area contributed by atoms with Crippen molar-refractivity contribution in [1.29, 1.82) is 0 Å². The van der Waals surface area contributed by atoms with E-state index < -0.39 is 0 Å². The maximum atomic E-state index is 5.32. The van der Waals surface area contributed by atoms with Gasteiger partial charge in [0.1, 0.15) is 0 Å². The molecule has 22 heavy (non-hydrogen) atoms. The average Bonchev–Trinajstić information content (AvgIpc) is 2.56. The molecule has 0 aromatic heterocycles. The van der Waals surface area contributed by atoms with Gasteiger partial charge >= 0.3 is 0 Å². The molecule has 2 N–H and O–H groups in total. The second-order valence-electron chi connectivity index (χ2n) is 5.46. The lowest BCUT2D eigenvalue weighted by Gasteiger charge is -2.17. The molecule has 3 heteroatoms. The van der Waals surface area contributed by atoms with E-state index >= 15 is 0 Å². The van der Waals surface area contributed by atoms with Gasteiger partial charge in [-0.3, -0.25) is 0 Å². The van der Waals surface area contributed by atoms with Gasteiger partial charge in [-0.15, -0.1) is 0 Å². The van der Waals surface area contributed by atoms with Crippen LogP contribution < -0.4 is 10.6 Å². The van der Waals surface area contributed by atoms with E-state index in [2.05, 4.69) is 73.0 Å². The van der Waals surface area contributed by atoms with E-state index in [1.54, 1.807) is 0 Å². The maximum Gasteiger partial charge on any atom is 0.166 e. The Labute approximate surface area is 139 Å². The molecule has 0 bridgehead atoms. The predicted molar refractivity (Wildman–Crippen MR) is 98.9 cm³/mol. The van der Waals surface area contributed by atoms with E-state index in [-0.39, 0.29) is 6.04 Å². The van der Waals surface area contributed by atoms with E-state index in [4.69, 9.17) is 12.2 Å². The van der Waals surface area contributed by atoms with Gasteiger partial charge in [0, 0.05) is 6.54 Å². The SMILES string of the molecule is CCCCNC(=S)N[C@@H](C)c1ccc(-c2ccccc2)cc1. The number of benzene rings is 2. The molecular formula is C19H24N2S. The van der Waals surface area contributed by atoms with Crippen molar-refractivity contribution in [1.82, 2.24) is 10.6 Å². The van der Waals surface area contributed by atoms with Gasteiger partial charge in [-0.25, -0.2) is 0 Å². The third-order valence-corrected chi connectivity index (χ3v) is 3.94. The fraction of sp³-hybridized carbons (Fsp3) is 0.316. The lowest BCUT2D eigenvalue weighted by molar-refractivity contribution is 0.683. The van der Waals surface area contributed by atoms with Crippen LogP contribution in [-0.4, -0.2) is 11.7 Å². The van der Waals surface area contributed by atoms with Crippen LogP contribution >= 0.6 is 12.2 Å². The van der Waals surface area contributed by atoms with Crippen molar-refractivity contribution in [2.75, 3.05) is 6.54 Å². The minimum absolute atomic E-state index is 0.200. The number of hydrogen-bond acceptors (Lipinski definition) is 1. The van der Waals surface area contributed by atoms with Gasteiger partial charge in [0.05, 0.1) is 6.04 Å². The first-order valence-electron chi connectivity index (χ1n) is 7.90. The summed E-state index contributed by atoms with van der Waals surface area (Å²) >= 11 is 5.32. The Morgan fingerprint density at radius 1 is 1.00 bits per heavy atom. The molecule has 116 valence electrons. The highest BCUT2D eigenvalue weighted by atomic mass is 32.1. The summed E-state index contributed by atoms with van der Waals surface area (Å²) in [6.07, 6.45) is 2.31. The number of unbranched alkanes of at least 4 members (excludes halogenated alkanes) is 1. The van der Waals surface area contributed by atoms with Crippen LogP contribution in [0, 0.1) is 0 Å². The summed E-state index contributed by atoms with van der Waals surface area (Å²) in [6.45, 7) is 5.24. The van der Waals surface area contributed by atoms with Gasteiger partial charge in [-0.1, -0.05) is 67.9 Å². The smallest absolute Gasteiger partial charge is 0.166 e. The number of rotatable bonds is 6. The molecule has 0 saturated carbocycles. The molecule has 0 saturated heterocycles. The highest BCUT2D eigenvalue weighted by molar-refractivity contribution is 7.80. The summed E-state index contributed by atoms with van der Waals surface area (Å²) in [7, 11) is 0. The highest BCUT2D eigenvalue weighted by Crippen LogP contribution is 2.21. The van der Waals surface area contributed by atoms with Crippen molar-refractivity contribution < 1.29 is 0 Å². The summed E-state index contributed by atoms with van der Waals surface area (Å²) in [4.78, 5) is 0. The molecule has 0 aliphatic heterocycles. The minimum Gasteiger partial charge on any atom is -0.363 e. The Bertz CT molecular complexity index is 578. The van der Waals surface area contributed by atoms with Crippen LogP contribution in [0.25, 0.3) is 11.1 Å². The van der Waals surface area contributed by atoms with Gasteiger partial charge < -0.3 is 10.6 Å². The number of nitrogens with one attached hydrogen (secondary N) is 2. The molecule has 2 rings (SSSR count). The molecule has 2 aromatic carbocycles. The van der Waals surface area contributed by atoms with Crippen molar-refractivity contribution in [3.8, 4) is 11.1 Å². The number of thiocarbonyl (C=S) groups is 1. The Morgan fingerprint density at radius 2 is 1.64 bits per heavy atom. The summed E-state index contributed by atoms with van der Waals surface area (Å²) in [6, 6.07) is 19.3. The Kier molecular flexibility index (Phi) is 6.41. The number of hydrogen-bond donors (Lipinski definition) is 2. The Hall–Kier alpha value is -1.87. The molecule has 2 nitrogen and oxygen atoms in total. The van der Waals surface area contributed by atoms with Crippen molar-refractivity contribution in [2.24, 2.45) is 0 Å². The molecule has 1 atom stereocenters. The summed E-state index contributed by atoms with van der Waals surface area (Å²) in [5.74, 6) is 0. The minimum atomic E-state index is 0.200. The van der Waals surface area contributed by atoms with Crippen LogP contribution in [0.15, 0.2) is 54.6 Å². The molecule has 0 amide bonds. The van der Waals surface area contributed by atoms with Crippen molar-refractivity contribution >= 4 is 17.3 Å². The predicted octanol–water partition coefficient (Wildman–Crippen LogP) is 4.68. The van der Waals surface area contributed by atoms with E-state index in [9.17, 15) is 0 Å². The second-order valence-corrected chi connectivity index (χ2v) is 5.87. The van der Waals surface area contributed by atoms with Crippen LogP contribution in [0.1, 0.15) is 38.3 Å². The monoisotopic (exact) mass is 312 g/mol. The van der Waals surface area contributed by atoms with Crippen molar-refractivity contribution in [2.45, 2.75) is 32.7 Å². The van der Waals surface area contributed by atoms with Gasteiger partial charge in [0.15, 0.2) is 5.11 Å². The molecule has 0 spiro atoms. The fourth-order valence-corrected chi connectivity index (χ4v) is 2.58. The van der Waals surface area contributed by atoms with E-state index in [1.807, 2.05) is 6.07 Å². The molecule has 0 fully saturated rings. The van der Waals surface area contributed by atoms with Crippen molar-refractivity contribution in [3.63, 3.8) is 0 Å². The topological polar surface area (TPSA) is 24.1 Å². The zero-order valence-corrected chi connectivity index (χ0v) is 14.1. The molecule has 2 aromatic rings. The average molecular weight is 312 g/mol. The summed E-state index contributed by atoms with van der Waals surface area (Å²) in [5.41, 5.74) is 3.71. The van der Waals surface area contributed by atoms with Crippen LogP contribution in [0.4, 0.5) is 0 Å². The first-order valence-corrected chi connectivity index (χ1v) is 8.31. The van der Waals surface area contributed by atoms with Crippen LogP contribution in [0.5, 0.6) is 0 Å². The highest BCUT2D eigenvalue weighted by Gasteiger charge is 2.07. The fourth-order valence-electron chi connectivity index (χ4n) is 2.30. The van der Waals surface area contributed by atoms with Crippen LogP contribution in [0.2, 0.25) is 0 Å². The van der Waals surface area contributed by atoms with Gasteiger partial charge in [-0.2, -0.15) is 0 Å². The lowest BCUT2D eigenvalue weighted by atomic mass is 10.0. The second kappa shape index (κ2) is 8.54.